The minimum atomic E-state index is 0.546. The zero-order valence-corrected chi connectivity index (χ0v) is 8.30. The largest absolute Gasteiger partial charge is 0.305 e. The fraction of sp³-hybridized carbons (Fsp3) is 0.889. The van der Waals surface area contributed by atoms with Crippen molar-refractivity contribution in [1.82, 2.24) is 10.3 Å². The van der Waals surface area contributed by atoms with Crippen LogP contribution in [0.15, 0.2) is 5.10 Å². The van der Waals surface area contributed by atoms with Gasteiger partial charge in [-0.1, -0.05) is 13.8 Å². The van der Waals surface area contributed by atoms with Gasteiger partial charge in [-0.3, -0.25) is 0 Å². The molecule has 0 bridgehead atoms. The molecule has 0 aromatic rings. The van der Waals surface area contributed by atoms with Gasteiger partial charge in [-0.15, -0.1) is 0 Å². The van der Waals surface area contributed by atoms with Gasteiger partial charge in [0, 0.05) is 18.7 Å². The molecular weight excluding hydrogens is 150 g/mol. The number of hydrogen-bond donors (Lipinski definition) is 1. The Bertz CT molecular complexity index is 161. The van der Waals surface area contributed by atoms with Gasteiger partial charge in [-0.2, -0.15) is 5.10 Å². The highest BCUT2D eigenvalue weighted by Crippen LogP contribution is 2.04. The molecule has 3 heteroatoms. The van der Waals surface area contributed by atoms with E-state index in [4.69, 9.17) is 0 Å². The predicted molar refractivity (Wildman–Crippen MR) is 52.4 cm³/mol. The first-order chi connectivity index (χ1) is 5.76. The molecule has 1 aliphatic heterocycles. The third-order valence-electron chi connectivity index (χ3n) is 2.35. The van der Waals surface area contributed by atoms with Crippen LogP contribution in [0.25, 0.3) is 0 Å². The van der Waals surface area contributed by atoms with E-state index >= 15 is 0 Å². The van der Waals surface area contributed by atoms with Crippen molar-refractivity contribution in [1.29, 1.82) is 0 Å². The van der Waals surface area contributed by atoms with E-state index in [0.717, 1.165) is 26.1 Å². The maximum absolute atomic E-state index is 4.18. The van der Waals surface area contributed by atoms with Crippen LogP contribution in [0.3, 0.4) is 0 Å². The Labute approximate surface area is 74.8 Å². The summed E-state index contributed by atoms with van der Waals surface area (Å²) in [4.78, 5) is 2.42. The summed E-state index contributed by atoms with van der Waals surface area (Å²) in [6, 6.07) is 0.546. The van der Waals surface area contributed by atoms with E-state index < -0.39 is 0 Å². The molecule has 0 aromatic carbocycles. The van der Waals surface area contributed by atoms with Gasteiger partial charge in [0.2, 0.25) is 0 Å². The SMILES string of the molecule is CCN(CC)C[C@H]1CC(C)=NN1. The zero-order valence-electron chi connectivity index (χ0n) is 8.30. The van der Waals surface area contributed by atoms with Crippen molar-refractivity contribution in [2.24, 2.45) is 5.10 Å². The van der Waals surface area contributed by atoms with Crippen molar-refractivity contribution < 1.29 is 0 Å². The van der Waals surface area contributed by atoms with Crippen LogP contribution in [0, 0.1) is 0 Å². The van der Waals surface area contributed by atoms with Crippen molar-refractivity contribution in [3.05, 3.63) is 0 Å². The van der Waals surface area contributed by atoms with Crippen LogP contribution in [0.4, 0.5) is 0 Å². The lowest BCUT2D eigenvalue weighted by atomic mass is 10.1. The second-order valence-corrected chi connectivity index (χ2v) is 3.36. The summed E-state index contributed by atoms with van der Waals surface area (Å²) >= 11 is 0. The van der Waals surface area contributed by atoms with Gasteiger partial charge in [-0.05, 0) is 20.0 Å². The summed E-state index contributed by atoms with van der Waals surface area (Å²) in [7, 11) is 0. The molecule has 0 amide bonds. The smallest absolute Gasteiger partial charge is 0.0619 e. The fourth-order valence-corrected chi connectivity index (χ4v) is 1.55. The quantitative estimate of drug-likeness (QED) is 0.681. The average Bonchev–Trinajstić information content (AvgIpc) is 2.47. The predicted octanol–water partition coefficient (Wildman–Crippen LogP) is 1.07. The minimum Gasteiger partial charge on any atom is -0.305 e. The molecule has 70 valence electrons. The topological polar surface area (TPSA) is 27.6 Å². The van der Waals surface area contributed by atoms with Gasteiger partial charge in [0.05, 0.1) is 6.04 Å². The summed E-state index contributed by atoms with van der Waals surface area (Å²) in [5.41, 5.74) is 4.38. The molecule has 0 unspecified atom stereocenters. The Kier molecular flexibility index (Phi) is 3.53. The number of rotatable bonds is 4. The van der Waals surface area contributed by atoms with Crippen LogP contribution < -0.4 is 5.43 Å². The number of hydrazone groups is 1. The number of nitrogens with one attached hydrogen (secondary N) is 1. The van der Waals surface area contributed by atoms with E-state index in [1.807, 2.05) is 0 Å². The molecule has 0 spiro atoms. The average molecular weight is 169 g/mol. The molecule has 0 radical (unpaired) electrons. The van der Waals surface area contributed by atoms with E-state index in [9.17, 15) is 0 Å². The van der Waals surface area contributed by atoms with Gasteiger partial charge in [0.15, 0.2) is 0 Å². The van der Waals surface area contributed by atoms with Crippen LogP contribution >= 0.6 is 0 Å². The fourth-order valence-electron chi connectivity index (χ4n) is 1.55. The molecule has 1 heterocycles. The van der Waals surface area contributed by atoms with Crippen molar-refractivity contribution in [2.75, 3.05) is 19.6 Å². The summed E-state index contributed by atoms with van der Waals surface area (Å²) in [5, 5.41) is 4.18. The van der Waals surface area contributed by atoms with Gasteiger partial charge in [0.25, 0.3) is 0 Å². The van der Waals surface area contributed by atoms with E-state index in [1.54, 1.807) is 0 Å². The first-order valence-corrected chi connectivity index (χ1v) is 4.77. The molecular formula is C9H19N3. The second-order valence-electron chi connectivity index (χ2n) is 3.36. The van der Waals surface area contributed by atoms with E-state index in [2.05, 4.69) is 36.2 Å². The summed E-state index contributed by atoms with van der Waals surface area (Å²) in [6.45, 7) is 9.86. The lowest BCUT2D eigenvalue weighted by Gasteiger charge is -2.21. The number of likely N-dealkylation sites (N-methyl/N-ethyl adjacent to an activating group) is 1. The molecule has 3 nitrogen and oxygen atoms in total. The molecule has 1 aliphatic rings. The molecule has 0 aromatic heterocycles. The zero-order chi connectivity index (χ0) is 8.97. The van der Waals surface area contributed by atoms with Crippen LogP contribution in [0.5, 0.6) is 0 Å². The molecule has 1 N–H and O–H groups in total. The first kappa shape index (κ1) is 9.52. The summed E-state index contributed by atoms with van der Waals surface area (Å²) < 4.78 is 0. The highest BCUT2D eigenvalue weighted by molar-refractivity contribution is 5.83. The maximum Gasteiger partial charge on any atom is 0.0619 e. The standard InChI is InChI=1S/C9H19N3/c1-4-12(5-2)7-9-6-8(3)10-11-9/h9,11H,4-7H2,1-3H3/t9-/m1/s1. The molecule has 12 heavy (non-hydrogen) atoms. The third kappa shape index (κ3) is 2.48. The molecule has 0 saturated carbocycles. The van der Waals surface area contributed by atoms with Crippen molar-refractivity contribution in [2.45, 2.75) is 33.2 Å². The number of hydrogen-bond acceptors (Lipinski definition) is 3. The highest BCUT2D eigenvalue weighted by Gasteiger charge is 2.16. The van der Waals surface area contributed by atoms with Crippen molar-refractivity contribution in [3.8, 4) is 0 Å². The molecule has 1 rings (SSSR count). The second kappa shape index (κ2) is 4.45. The Morgan fingerprint density at radius 1 is 1.50 bits per heavy atom. The summed E-state index contributed by atoms with van der Waals surface area (Å²) in [6.07, 6.45) is 1.11. The third-order valence-corrected chi connectivity index (χ3v) is 2.35. The maximum atomic E-state index is 4.18. The lowest BCUT2D eigenvalue weighted by molar-refractivity contribution is 0.273. The van der Waals surface area contributed by atoms with Crippen LogP contribution in [0.2, 0.25) is 0 Å². The molecule has 0 fully saturated rings. The van der Waals surface area contributed by atoms with E-state index in [1.165, 1.54) is 5.71 Å². The van der Waals surface area contributed by atoms with E-state index in [0.29, 0.717) is 6.04 Å². The molecule has 1 atom stereocenters. The Morgan fingerprint density at radius 3 is 2.58 bits per heavy atom. The molecule has 0 saturated heterocycles. The van der Waals surface area contributed by atoms with Gasteiger partial charge < -0.3 is 10.3 Å². The van der Waals surface area contributed by atoms with Crippen molar-refractivity contribution >= 4 is 5.71 Å². The van der Waals surface area contributed by atoms with Gasteiger partial charge in [0.1, 0.15) is 0 Å². The van der Waals surface area contributed by atoms with Crippen LogP contribution in [0.1, 0.15) is 27.2 Å². The summed E-state index contributed by atoms with van der Waals surface area (Å²) in [5.74, 6) is 0. The number of nitrogens with zero attached hydrogens (tertiary/aromatic N) is 2. The van der Waals surface area contributed by atoms with Gasteiger partial charge in [-0.25, -0.2) is 0 Å². The highest BCUT2D eigenvalue weighted by atomic mass is 15.3. The normalized spacial score (nSPS) is 22.7. The Morgan fingerprint density at radius 2 is 2.17 bits per heavy atom. The monoisotopic (exact) mass is 169 g/mol. The van der Waals surface area contributed by atoms with Crippen molar-refractivity contribution in [3.63, 3.8) is 0 Å². The lowest BCUT2D eigenvalue weighted by Crippen LogP contribution is -2.36. The van der Waals surface area contributed by atoms with E-state index in [-0.39, 0.29) is 0 Å². The van der Waals surface area contributed by atoms with Crippen LogP contribution in [-0.2, 0) is 0 Å². The molecule has 0 aliphatic carbocycles. The Balaban J connectivity index is 2.24. The van der Waals surface area contributed by atoms with Crippen LogP contribution in [-0.4, -0.2) is 36.3 Å². The van der Waals surface area contributed by atoms with Gasteiger partial charge >= 0.3 is 0 Å². The first-order valence-electron chi connectivity index (χ1n) is 4.77. The Hall–Kier alpha value is -0.570. The minimum absolute atomic E-state index is 0.546.